The van der Waals surface area contributed by atoms with Crippen molar-refractivity contribution < 1.29 is 18.6 Å². The van der Waals surface area contributed by atoms with Crippen LogP contribution in [0.3, 0.4) is 0 Å². The van der Waals surface area contributed by atoms with Crippen LogP contribution in [0.2, 0.25) is 0 Å². The van der Waals surface area contributed by atoms with E-state index in [2.05, 4.69) is 48.1 Å². The number of hydrogen-bond acceptors (Lipinski definition) is 2. The Labute approximate surface area is 120 Å². The lowest BCUT2D eigenvalue weighted by Gasteiger charge is -2.00. The van der Waals surface area contributed by atoms with Crippen LogP contribution in [0.1, 0.15) is 13.3 Å². The first-order valence-corrected chi connectivity index (χ1v) is 8.15. The van der Waals surface area contributed by atoms with Crippen molar-refractivity contribution in [1.82, 2.24) is 0 Å². The van der Waals surface area contributed by atoms with Gasteiger partial charge in [0.2, 0.25) is 0 Å². The van der Waals surface area contributed by atoms with Gasteiger partial charge in [-0.3, -0.25) is 0 Å². The third-order valence-corrected chi connectivity index (χ3v) is 3.92. The van der Waals surface area contributed by atoms with Crippen molar-refractivity contribution in [3.63, 3.8) is 0 Å². The molecule has 2 aromatic rings. The lowest BCUT2D eigenvalue weighted by molar-refractivity contribution is -0.696. The summed E-state index contributed by atoms with van der Waals surface area (Å²) in [7, 11) is -2.26. The lowest BCUT2D eigenvalue weighted by atomic mass is 10.1. The van der Waals surface area contributed by atoms with Crippen LogP contribution in [0.15, 0.2) is 49.1 Å². The Balaban J connectivity index is 2.01. The summed E-state index contributed by atoms with van der Waals surface area (Å²) >= 11 is 0. The van der Waals surface area contributed by atoms with Gasteiger partial charge in [-0.05, 0) is 18.1 Å². The zero-order valence-corrected chi connectivity index (χ0v) is 12.5. The van der Waals surface area contributed by atoms with Gasteiger partial charge in [0.05, 0.1) is 6.42 Å². The second-order valence-electron chi connectivity index (χ2n) is 4.65. The molecule has 0 spiro atoms. The van der Waals surface area contributed by atoms with Crippen LogP contribution in [0.4, 0.5) is 0 Å². The fraction of sp³-hybridized carbons (Fsp3) is 0.333. The number of nitrogens with zero attached hydrogens (tertiary/aromatic N) is 2. The lowest BCUT2D eigenvalue weighted by Crippen LogP contribution is -2.33. The zero-order chi connectivity index (χ0) is 14.4. The molecule has 0 radical (unpaired) electrons. The molecular weight excluding hydrogens is 271 g/mol. The van der Waals surface area contributed by atoms with Gasteiger partial charge < -0.3 is 4.89 Å². The fourth-order valence-corrected chi connectivity index (χ4v) is 2.44. The smallest absolute Gasteiger partial charge is 0.309 e. The number of pyridine rings is 2. The number of hydrogen-bond donors (Lipinski definition) is 0. The minimum atomic E-state index is -2.26. The quantitative estimate of drug-likeness (QED) is 0.597. The molecule has 1 unspecified atom stereocenters. The Morgan fingerprint density at radius 1 is 1.00 bits per heavy atom. The molecule has 0 fully saturated rings. The summed E-state index contributed by atoms with van der Waals surface area (Å²) in [5.41, 5.74) is 2.35. The van der Waals surface area contributed by atoms with Crippen molar-refractivity contribution >= 4 is 8.03 Å². The SMILES string of the molecule is CC[n+]1ccc(-c2cc[n+](CCC[P+](=O)[O-])cc2)cc1. The van der Waals surface area contributed by atoms with E-state index in [0.717, 1.165) is 13.1 Å². The molecule has 104 valence electrons. The summed E-state index contributed by atoms with van der Waals surface area (Å²) in [4.78, 5) is 10.5. The summed E-state index contributed by atoms with van der Waals surface area (Å²) in [6, 6.07) is 8.32. The Kier molecular flexibility index (Phi) is 5.33. The van der Waals surface area contributed by atoms with E-state index in [1.807, 2.05) is 17.0 Å². The summed E-state index contributed by atoms with van der Waals surface area (Å²) < 4.78 is 14.6. The van der Waals surface area contributed by atoms with E-state index >= 15 is 0 Å². The first kappa shape index (κ1) is 14.8. The van der Waals surface area contributed by atoms with Gasteiger partial charge in [-0.1, -0.05) is 4.57 Å². The Morgan fingerprint density at radius 3 is 1.95 bits per heavy atom. The molecule has 2 rings (SSSR count). The number of rotatable bonds is 6. The summed E-state index contributed by atoms with van der Waals surface area (Å²) in [5.74, 6) is 0. The van der Waals surface area contributed by atoms with Crippen LogP contribution >= 0.6 is 8.03 Å². The molecule has 0 saturated heterocycles. The predicted octanol–water partition coefficient (Wildman–Crippen LogP) is 1.44. The van der Waals surface area contributed by atoms with E-state index < -0.39 is 8.03 Å². The third-order valence-electron chi connectivity index (χ3n) is 3.24. The highest BCUT2D eigenvalue weighted by Crippen LogP contribution is 2.15. The number of aryl methyl sites for hydroxylation is 2. The molecule has 2 aromatic heterocycles. The maximum absolute atomic E-state index is 10.5. The van der Waals surface area contributed by atoms with Crippen molar-refractivity contribution in [2.24, 2.45) is 0 Å². The highest BCUT2D eigenvalue weighted by Gasteiger charge is 2.07. The number of aromatic nitrogens is 2. The van der Waals surface area contributed by atoms with E-state index in [1.165, 1.54) is 11.1 Å². The van der Waals surface area contributed by atoms with Crippen LogP contribution in [0.25, 0.3) is 11.1 Å². The summed E-state index contributed by atoms with van der Waals surface area (Å²) in [6.45, 7) is 3.81. The fourth-order valence-electron chi connectivity index (χ4n) is 2.04. The van der Waals surface area contributed by atoms with Crippen molar-refractivity contribution in [3.05, 3.63) is 49.1 Å². The largest absolute Gasteiger partial charge is 0.596 e. The Hall–Kier alpha value is -1.64. The van der Waals surface area contributed by atoms with Gasteiger partial charge >= 0.3 is 8.03 Å². The summed E-state index contributed by atoms with van der Waals surface area (Å²) in [5, 5.41) is 0. The van der Waals surface area contributed by atoms with E-state index in [9.17, 15) is 9.46 Å². The van der Waals surface area contributed by atoms with E-state index in [4.69, 9.17) is 0 Å². The van der Waals surface area contributed by atoms with E-state index in [0.29, 0.717) is 6.42 Å². The van der Waals surface area contributed by atoms with Crippen molar-refractivity contribution in [3.8, 4) is 11.1 Å². The molecular formula is C15H19N2O2P+2. The molecule has 20 heavy (non-hydrogen) atoms. The van der Waals surface area contributed by atoms with Gasteiger partial charge in [-0.15, -0.1) is 0 Å². The second-order valence-corrected chi connectivity index (χ2v) is 5.76. The molecule has 0 N–H and O–H groups in total. The first-order valence-electron chi connectivity index (χ1n) is 6.79. The molecule has 0 aliphatic heterocycles. The molecule has 1 atom stereocenters. The highest BCUT2D eigenvalue weighted by molar-refractivity contribution is 7.36. The maximum Gasteiger partial charge on any atom is 0.309 e. The average molecular weight is 290 g/mol. The van der Waals surface area contributed by atoms with E-state index in [1.54, 1.807) is 0 Å². The van der Waals surface area contributed by atoms with Gasteiger partial charge in [0.15, 0.2) is 31.3 Å². The van der Waals surface area contributed by atoms with Gasteiger partial charge in [0.1, 0.15) is 12.7 Å². The molecule has 0 saturated carbocycles. The summed E-state index contributed by atoms with van der Waals surface area (Å²) in [6.07, 6.45) is 9.04. The van der Waals surface area contributed by atoms with Crippen LogP contribution < -0.4 is 14.0 Å². The van der Waals surface area contributed by atoms with Crippen LogP contribution in [0.5, 0.6) is 0 Å². The Bertz CT molecular complexity index is 567. The monoisotopic (exact) mass is 290 g/mol. The van der Waals surface area contributed by atoms with Crippen molar-refractivity contribution in [1.29, 1.82) is 0 Å². The van der Waals surface area contributed by atoms with Gasteiger partial charge in [0, 0.05) is 24.3 Å². The molecule has 5 heteroatoms. The standard InChI is InChI=1S/C15H19N2O2P/c1-2-16-9-4-14(5-10-16)15-6-11-17(12-7-15)8-3-13-20(18)19/h4-7,9-12H,2-3,8,13H2,1H3/q+2. The predicted molar refractivity (Wildman–Crippen MR) is 75.0 cm³/mol. The molecule has 0 aliphatic carbocycles. The van der Waals surface area contributed by atoms with Gasteiger partial charge in [0.25, 0.3) is 0 Å². The van der Waals surface area contributed by atoms with Gasteiger partial charge in [-0.2, -0.15) is 0 Å². The zero-order valence-electron chi connectivity index (χ0n) is 11.6. The highest BCUT2D eigenvalue weighted by atomic mass is 31.1. The van der Waals surface area contributed by atoms with Crippen molar-refractivity contribution in [2.45, 2.75) is 26.4 Å². The van der Waals surface area contributed by atoms with Crippen molar-refractivity contribution in [2.75, 3.05) is 6.16 Å². The first-order chi connectivity index (χ1) is 9.69. The minimum Gasteiger partial charge on any atom is -0.596 e. The maximum atomic E-state index is 10.5. The third kappa shape index (κ3) is 4.19. The molecule has 0 aromatic carbocycles. The molecule has 0 aliphatic rings. The average Bonchev–Trinajstić information content (AvgIpc) is 2.48. The second kappa shape index (κ2) is 7.22. The topological polar surface area (TPSA) is 47.9 Å². The van der Waals surface area contributed by atoms with Gasteiger partial charge in [-0.25, -0.2) is 9.13 Å². The minimum absolute atomic E-state index is 0.250. The van der Waals surface area contributed by atoms with Crippen LogP contribution in [-0.4, -0.2) is 6.16 Å². The van der Waals surface area contributed by atoms with Crippen LogP contribution in [0, 0.1) is 0 Å². The Morgan fingerprint density at radius 2 is 1.50 bits per heavy atom. The molecule has 2 heterocycles. The molecule has 0 amide bonds. The molecule has 4 nitrogen and oxygen atoms in total. The van der Waals surface area contributed by atoms with Crippen LogP contribution in [-0.2, 0) is 17.7 Å². The molecule has 0 bridgehead atoms. The normalized spacial score (nSPS) is 11.4. The van der Waals surface area contributed by atoms with E-state index in [-0.39, 0.29) is 6.16 Å².